The van der Waals surface area contributed by atoms with E-state index in [2.05, 4.69) is 94.2 Å². The fraction of sp³-hybridized carbons (Fsp3) is 0.0408. The highest BCUT2D eigenvalue weighted by Gasteiger charge is 2.17. The average molecular weight is 741 g/mol. The van der Waals surface area contributed by atoms with Gasteiger partial charge in [-0.25, -0.2) is 9.97 Å². The molecule has 0 saturated carbocycles. The van der Waals surface area contributed by atoms with Crippen molar-refractivity contribution in [2.24, 2.45) is 10.9 Å². The van der Waals surface area contributed by atoms with Crippen molar-refractivity contribution in [3.63, 3.8) is 0 Å². The van der Waals surface area contributed by atoms with Crippen molar-refractivity contribution in [3.05, 3.63) is 193 Å². The number of nitrogens with zero attached hydrogens (tertiary/aromatic N) is 5. The van der Waals surface area contributed by atoms with Gasteiger partial charge in [-0.2, -0.15) is 0 Å². The minimum atomic E-state index is -0.268. The molecule has 274 valence electrons. The van der Waals surface area contributed by atoms with Gasteiger partial charge in [-0.3, -0.25) is 0 Å². The maximum absolute atomic E-state index is 6.20. The molecule has 0 spiro atoms. The van der Waals surface area contributed by atoms with E-state index in [9.17, 15) is 0 Å². The van der Waals surface area contributed by atoms with E-state index >= 15 is 0 Å². The van der Waals surface area contributed by atoms with E-state index in [4.69, 9.17) is 25.0 Å². The third-order valence-corrected chi connectivity index (χ3v) is 9.89. The molecule has 0 radical (unpaired) electrons. The molecule has 0 aliphatic carbocycles. The fourth-order valence-electron chi connectivity index (χ4n) is 6.87. The number of fused-ring (bicyclic) bond motifs is 1. The highest BCUT2D eigenvalue weighted by Crippen LogP contribution is 2.35. The SMILES string of the molecule is CC(O/C(=N\N)c1ccccc1)c1cccc(-c2ccc(-c3nc4ccccc4nc3-c3ccc(-c4cccc(-c5nnc(-c6ccccc6)o5)c4)cc3)cc2)c1. The van der Waals surface area contributed by atoms with Crippen molar-refractivity contribution in [1.29, 1.82) is 0 Å². The Hall–Kier alpha value is -7.71. The molecule has 8 heteroatoms. The largest absolute Gasteiger partial charge is 0.468 e. The Morgan fingerprint density at radius 2 is 0.965 bits per heavy atom. The molecule has 57 heavy (non-hydrogen) atoms. The Kier molecular flexibility index (Phi) is 9.56. The van der Waals surface area contributed by atoms with E-state index in [0.29, 0.717) is 17.7 Å². The molecule has 9 rings (SSSR count). The molecular weight excluding hydrogens is 705 g/mol. The molecule has 0 fully saturated rings. The van der Waals surface area contributed by atoms with Crippen LogP contribution in [0.15, 0.2) is 192 Å². The summed E-state index contributed by atoms with van der Waals surface area (Å²) in [5.41, 5.74) is 13.0. The van der Waals surface area contributed by atoms with Gasteiger partial charge in [0.2, 0.25) is 17.7 Å². The normalized spacial score (nSPS) is 12.1. The van der Waals surface area contributed by atoms with Gasteiger partial charge in [0.1, 0.15) is 6.10 Å². The van der Waals surface area contributed by atoms with Crippen LogP contribution < -0.4 is 5.84 Å². The molecule has 0 saturated heterocycles. The third kappa shape index (κ3) is 7.39. The zero-order chi connectivity index (χ0) is 38.6. The number of ether oxygens (including phenoxy) is 1. The van der Waals surface area contributed by atoms with Gasteiger partial charge >= 0.3 is 0 Å². The molecule has 0 amide bonds. The van der Waals surface area contributed by atoms with Gasteiger partial charge in [-0.15, -0.1) is 15.3 Å². The molecule has 2 N–H and O–H groups in total. The predicted molar refractivity (Wildman–Crippen MR) is 227 cm³/mol. The summed E-state index contributed by atoms with van der Waals surface area (Å²) in [5, 5.41) is 12.5. The van der Waals surface area contributed by atoms with Gasteiger partial charge in [0.05, 0.1) is 22.4 Å². The van der Waals surface area contributed by atoms with Crippen molar-refractivity contribution >= 4 is 16.9 Å². The number of hydrogen-bond acceptors (Lipinski definition) is 8. The average Bonchev–Trinajstić information content (AvgIpc) is 3.79. The summed E-state index contributed by atoms with van der Waals surface area (Å²) in [4.78, 5) is 10.3. The standard InChI is InChI=1S/C49H36N6O2/c1-32(56-47(53-50)37-12-4-2-5-13-37)39-16-10-17-40(30-39)33-22-26-35(27-23-33)45-46(52-44-21-9-8-20-43(44)51-45)36-28-24-34(25-29-36)41-18-11-19-42(31-41)49-55-54-48(57-49)38-14-6-3-7-15-38/h2-32H,50H2,1H3/b53-47-. The van der Waals surface area contributed by atoms with Gasteiger partial charge in [-0.05, 0) is 89.3 Å². The lowest BCUT2D eigenvalue weighted by atomic mass is 9.97. The second-order valence-electron chi connectivity index (χ2n) is 13.6. The fourth-order valence-corrected chi connectivity index (χ4v) is 6.87. The van der Waals surface area contributed by atoms with E-state index in [-0.39, 0.29) is 6.10 Å². The van der Waals surface area contributed by atoms with Crippen LogP contribution in [-0.2, 0) is 4.74 Å². The van der Waals surface area contributed by atoms with Gasteiger partial charge < -0.3 is 15.0 Å². The highest BCUT2D eigenvalue weighted by atomic mass is 16.5. The van der Waals surface area contributed by atoms with Gasteiger partial charge in [0.25, 0.3) is 0 Å². The minimum Gasteiger partial charge on any atom is -0.468 e. The van der Waals surface area contributed by atoms with Crippen LogP contribution in [0.4, 0.5) is 0 Å². The Bertz CT molecular complexity index is 2840. The van der Waals surface area contributed by atoms with Crippen LogP contribution in [0.1, 0.15) is 24.2 Å². The Morgan fingerprint density at radius 3 is 1.56 bits per heavy atom. The number of aromatic nitrogens is 4. The summed E-state index contributed by atoms with van der Waals surface area (Å²) >= 11 is 0. The second-order valence-corrected chi connectivity index (χ2v) is 13.6. The first-order valence-electron chi connectivity index (χ1n) is 18.7. The number of hydrogen-bond donors (Lipinski definition) is 1. The van der Waals surface area contributed by atoms with Crippen LogP contribution in [0, 0.1) is 0 Å². The van der Waals surface area contributed by atoms with Crippen molar-refractivity contribution in [1.82, 2.24) is 20.2 Å². The molecule has 8 nitrogen and oxygen atoms in total. The molecule has 9 aromatic rings. The lowest BCUT2D eigenvalue weighted by molar-refractivity contribution is 0.213. The van der Waals surface area contributed by atoms with Crippen molar-refractivity contribution in [2.75, 3.05) is 0 Å². The highest BCUT2D eigenvalue weighted by molar-refractivity contribution is 5.94. The van der Waals surface area contributed by atoms with Gasteiger partial charge in [0.15, 0.2) is 0 Å². The predicted octanol–water partition coefficient (Wildman–Crippen LogP) is 11.4. The second kappa shape index (κ2) is 15.6. The Balaban J connectivity index is 0.987. The summed E-state index contributed by atoms with van der Waals surface area (Å²) in [6.07, 6.45) is -0.268. The summed E-state index contributed by atoms with van der Waals surface area (Å²) in [6.45, 7) is 2.00. The molecule has 0 aliphatic heterocycles. The van der Waals surface area contributed by atoms with E-state index < -0.39 is 0 Å². The van der Waals surface area contributed by atoms with E-state index in [1.165, 1.54) is 0 Å². The van der Waals surface area contributed by atoms with Crippen LogP contribution in [0.25, 0.3) is 78.7 Å². The number of rotatable bonds is 9. The first-order chi connectivity index (χ1) is 28.1. The molecule has 2 heterocycles. The molecular formula is C49H36N6O2. The van der Waals surface area contributed by atoms with Gasteiger partial charge in [-0.1, -0.05) is 127 Å². The molecule has 0 aliphatic rings. The van der Waals surface area contributed by atoms with Crippen LogP contribution in [0.5, 0.6) is 0 Å². The molecule has 1 unspecified atom stereocenters. The van der Waals surface area contributed by atoms with E-state index in [1.807, 2.05) is 110 Å². The van der Waals surface area contributed by atoms with Crippen LogP contribution >= 0.6 is 0 Å². The summed E-state index contributed by atoms with van der Waals surface area (Å²) < 4.78 is 12.2. The van der Waals surface area contributed by atoms with Crippen molar-refractivity contribution < 1.29 is 9.15 Å². The lowest BCUT2D eigenvalue weighted by Crippen LogP contribution is -2.12. The maximum atomic E-state index is 6.20. The van der Waals surface area contributed by atoms with Crippen LogP contribution in [-0.4, -0.2) is 26.1 Å². The monoisotopic (exact) mass is 740 g/mol. The van der Waals surface area contributed by atoms with Crippen LogP contribution in [0.3, 0.4) is 0 Å². The molecule has 1 atom stereocenters. The molecule has 0 bridgehead atoms. The molecule has 2 aromatic heterocycles. The quantitative estimate of drug-likeness (QED) is 0.0678. The maximum Gasteiger partial charge on any atom is 0.248 e. The zero-order valence-electron chi connectivity index (χ0n) is 31.0. The lowest BCUT2D eigenvalue weighted by Gasteiger charge is -2.17. The Labute approximate surface area is 330 Å². The molecule has 7 aromatic carbocycles. The van der Waals surface area contributed by atoms with Crippen molar-refractivity contribution in [2.45, 2.75) is 13.0 Å². The first kappa shape index (κ1) is 35.0. The smallest absolute Gasteiger partial charge is 0.248 e. The number of para-hydroxylation sites is 2. The third-order valence-electron chi connectivity index (χ3n) is 9.89. The van der Waals surface area contributed by atoms with Crippen LogP contribution in [0.2, 0.25) is 0 Å². The zero-order valence-corrected chi connectivity index (χ0v) is 31.0. The first-order valence-corrected chi connectivity index (χ1v) is 18.7. The summed E-state index contributed by atoms with van der Waals surface area (Å²) in [5.74, 6) is 7.07. The number of hydrazone groups is 1. The van der Waals surface area contributed by atoms with Gasteiger partial charge in [0, 0.05) is 27.8 Å². The summed E-state index contributed by atoms with van der Waals surface area (Å²) in [6, 6.07) is 60.8. The Morgan fingerprint density at radius 1 is 0.491 bits per heavy atom. The number of benzene rings is 7. The summed E-state index contributed by atoms with van der Waals surface area (Å²) in [7, 11) is 0. The topological polar surface area (TPSA) is 112 Å². The number of nitrogens with two attached hydrogens (primary N) is 1. The van der Waals surface area contributed by atoms with Crippen molar-refractivity contribution in [3.8, 4) is 67.7 Å². The van der Waals surface area contributed by atoms with E-state index in [0.717, 1.165) is 78.1 Å². The van der Waals surface area contributed by atoms with E-state index in [1.54, 1.807) is 0 Å². The minimum absolute atomic E-state index is 0.268.